The Hall–Kier alpha value is -1.84. The highest BCUT2D eigenvalue weighted by molar-refractivity contribution is 5.80. The Bertz CT molecular complexity index is 479. The summed E-state index contributed by atoms with van der Waals surface area (Å²) < 4.78 is 10.6. The Morgan fingerprint density at radius 1 is 0.957 bits per heavy atom. The molecule has 0 aliphatic carbocycles. The zero-order chi connectivity index (χ0) is 17.2. The van der Waals surface area contributed by atoms with Crippen LogP contribution in [-0.4, -0.2) is 18.5 Å². The van der Waals surface area contributed by atoms with Crippen LogP contribution in [0.1, 0.15) is 46.1 Å². The van der Waals surface area contributed by atoms with Crippen molar-refractivity contribution in [1.29, 1.82) is 0 Å². The molecule has 0 heterocycles. The average molecular weight is 320 g/mol. The molecular formula is C19H28O4. The van der Waals surface area contributed by atoms with Gasteiger partial charge in [0, 0.05) is 0 Å². The second-order valence-electron chi connectivity index (χ2n) is 6.70. The molecule has 4 heteroatoms. The van der Waals surface area contributed by atoms with Crippen molar-refractivity contribution in [3.05, 3.63) is 35.9 Å². The first-order valence-electron chi connectivity index (χ1n) is 8.24. The predicted octanol–water partition coefficient (Wildman–Crippen LogP) is 3.98. The number of ether oxygens (including phenoxy) is 2. The van der Waals surface area contributed by atoms with Crippen LogP contribution in [0.2, 0.25) is 0 Å². The summed E-state index contributed by atoms with van der Waals surface area (Å²) in [6.07, 6.45) is 0.697. The fourth-order valence-corrected chi connectivity index (χ4v) is 2.20. The number of rotatable bonds is 9. The van der Waals surface area contributed by atoms with Gasteiger partial charge < -0.3 is 9.47 Å². The molecule has 0 bridgehead atoms. The van der Waals surface area contributed by atoms with E-state index >= 15 is 0 Å². The highest BCUT2D eigenvalue weighted by Crippen LogP contribution is 2.19. The van der Waals surface area contributed by atoms with Gasteiger partial charge in [0.2, 0.25) is 0 Å². The average Bonchev–Trinajstić information content (AvgIpc) is 2.50. The second kappa shape index (κ2) is 10.0. The molecule has 0 aliphatic rings. The Morgan fingerprint density at radius 3 is 2.17 bits per heavy atom. The summed E-state index contributed by atoms with van der Waals surface area (Å²) in [5, 5.41) is 0. The molecule has 23 heavy (non-hydrogen) atoms. The molecule has 1 unspecified atom stereocenters. The first kappa shape index (κ1) is 19.2. The summed E-state index contributed by atoms with van der Waals surface area (Å²) in [6.45, 7) is 8.62. The maximum Gasteiger partial charge on any atom is 0.309 e. The monoisotopic (exact) mass is 320 g/mol. The third-order valence-electron chi connectivity index (χ3n) is 3.30. The quantitative estimate of drug-likeness (QED) is 0.646. The van der Waals surface area contributed by atoms with Gasteiger partial charge in [-0.05, 0) is 23.8 Å². The first-order chi connectivity index (χ1) is 10.9. The fraction of sp³-hybridized carbons (Fsp3) is 0.579. The van der Waals surface area contributed by atoms with Crippen LogP contribution in [-0.2, 0) is 25.7 Å². The maximum atomic E-state index is 12.3. The van der Waals surface area contributed by atoms with Crippen LogP contribution in [0.4, 0.5) is 0 Å². The summed E-state index contributed by atoms with van der Waals surface area (Å²) in [6, 6.07) is 9.52. The largest absolute Gasteiger partial charge is 0.465 e. The molecule has 128 valence electrons. The summed E-state index contributed by atoms with van der Waals surface area (Å²) in [4.78, 5) is 24.2. The zero-order valence-electron chi connectivity index (χ0n) is 14.6. The van der Waals surface area contributed by atoms with Crippen LogP contribution in [0.25, 0.3) is 0 Å². The van der Waals surface area contributed by atoms with Crippen LogP contribution in [0.5, 0.6) is 0 Å². The van der Waals surface area contributed by atoms with Crippen molar-refractivity contribution >= 4 is 11.9 Å². The van der Waals surface area contributed by atoms with Crippen molar-refractivity contribution in [2.75, 3.05) is 6.61 Å². The van der Waals surface area contributed by atoms with Gasteiger partial charge in [0.15, 0.2) is 0 Å². The van der Waals surface area contributed by atoms with E-state index in [0.29, 0.717) is 18.9 Å². The van der Waals surface area contributed by atoms with E-state index in [0.717, 1.165) is 5.56 Å². The predicted molar refractivity (Wildman–Crippen MR) is 89.6 cm³/mol. The lowest BCUT2D eigenvalue weighted by atomic mass is 9.94. The molecule has 1 atom stereocenters. The van der Waals surface area contributed by atoms with Crippen molar-refractivity contribution in [1.82, 2.24) is 0 Å². The van der Waals surface area contributed by atoms with Crippen LogP contribution in [0.15, 0.2) is 30.3 Å². The van der Waals surface area contributed by atoms with E-state index < -0.39 is 5.92 Å². The van der Waals surface area contributed by atoms with E-state index in [4.69, 9.17) is 9.47 Å². The Morgan fingerprint density at radius 2 is 1.61 bits per heavy atom. The van der Waals surface area contributed by atoms with Gasteiger partial charge in [-0.3, -0.25) is 9.59 Å². The third kappa shape index (κ3) is 8.38. The number of carbonyl (C=O) groups excluding carboxylic acids is 2. The highest BCUT2D eigenvalue weighted by atomic mass is 16.5. The number of benzene rings is 1. The molecule has 0 aliphatic heterocycles. The molecule has 1 aromatic rings. The first-order valence-corrected chi connectivity index (χ1v) is 8.24. The molecule has 1 rings (SSSR count). The smallest absolute Gasteiger partial charge is 0.309 e. The molecule has 0 spiro atoms. The number of hydrogen-bond acceptors (Lipinski definition) is 4. The number of esters is 2. The topological polar surface area (TPSA) is 52.6 Å². The van der Waals surface area contributed by atoms with Crippen LogP contribution >= 0.6 is 0 Å². The lowest BCUT2D eigenvalue weighted by molar-refractivity contribution is -0.157. The van der Waals surface area contributed by atoms with Crippen LogP contribution in [0.3, 0.4) is 0 Å². The van der Waals surface area contributed by atoms with E-state index in [2.05, 4.69) is 0 Å². The lowest BCUT2D eigenvalue weighted by Gasteiger charge is -2.17. The summed E-state index contributed by atoms with van der Waals surface area (Å²) in [5.41, 5.74) is 0.937. The Balaban J connectivity index is 2.54. The van der Waals surface area contributed by atoms with Crippen molar-refractivity contribution in [2.45, 2.75) is 47.1 Å². The van der Waals surface area contributed by atoms with E-state index in [1.807, 2.05) is 58.0 Å². The van der Waals surface area contributed by atoms with E-state index in [1.54, 1.807) is 0 Å². The van der Waals surface area contributed by atoms with Crippen molar-refractivity contribution in [3.8, 4) is 0 Å². The second-order valence-corrected chi connectivity index (χ2v) is 6.70. The van der Waals surface area contributed by atoms with Crippen molar-refractivity contribution in [2.24, 2.45) is 17.8 Å². The van der Waals surface area contributed by atoms with Gasteiger partial charge in [-0.2, -0.15) is 0 Å². The Labute approximate surface area is 139 Å². The zero-order valence-corrected chi connectivity index (χ0v) is 14.6. The molecule has 0 aromatic heterocycles. The van der Waals surface area contributed by atoms with Crippen LogP contribution < -0.4 is 0 Å². The standard InChI is InChI=1S/C19H28O4/c1-14(2)10-17(11-18(20)22-12-15(3)4)19(21)23-13-16-8-6-5-7-9-16/h5-9,14-15,17H,10-13H2,1-4H3. The van der Waals surface area contributed by atoms with Gasteiger partial charge in [-0.15, -0.1) is 0 Å². The molecule has 0 radical (unpaired) electrons. The molecule has 0 fully saturated rings. The Kier molecular flexibility index (Phi) is 8.38. The maximum absolute atomic E-state index is 12.3. The summed E-state index contributed by atoms with van der Waals surface area (Å²) >= 11 is 0. The van der Waals surface area contributed by atoms with E-state index in [-0.39, 0.29) is 30.9 Å². The molecule has 0 saturated heterocycles. The fourth-order valence-electron chi connectivity index (χ4n) is 2.20. The minimum absolute atomic E-state index is 0.0819. The molecule has 4 nitrogen and oxygen atoms in total. The van der Waals surface area contributed by atoms with Gasteiger partial charge in [0.05, 0.1) is 18.9 Å². The van der Waals surface area contributed by atoms with Gasteiger partial charge >= 0.3 is 11.9 Å². The van der Waals surface area contributed by atoms with Crippen LogP contribution in [0, 0.1) is 17.8 Å². The molecular weight excluding hydrogens is 292 g/mol. The third-order valence-corrected chi connectivity index (χ3v) is 3.30. The van der Waals surface area contributed by atoms with Gasteiger partial charge in [0.1, 0.15) is 6.61 Å². The van der Waals surface area contributed by atoms with Gasteiger partial charge in [-0.25, -0.2) is 0 Å². The van der Waals surface area contributed by atoms with Gasteiger partial charge in [-0.1, -0.05) is 58.0 Å². The molecule has 1 aromatic carbocycles. The molecule has 0 N–H and O–H groups in total. The summed E-state index contributed by atoms with van der Waals surface area (Å²) in [7, 11) is 0. The lowest BCUT2D eigenvalue weighted by Crippen LogP contribution is -2.24. The normalized spacial score (nSPS) is 12.3. The van der Waals surface area contributed by atoms with E-state index in [9.17, 15) is 9.59 Å². The minimum atomic E-state index is -0.446. The molecule has 0 saturated carbocycles. The number of carbonyl (C=O) groups is 2. The molecule has 0 amide bonds. The summed E-state index contributed by atoms with van der Waals surface area (Å²) in [5.74, 6) is -0.516. The highest BCUT2D eigenvalue weighted by Gasteiger charge is 2.25. The van der Waals surface area contributed by atoms with Gasteiger partial charge in [0.25, 0.3) is 0 Å². The number of hydrogen-bond donors (Lipinski definition) is 0. The SMILES string of the molecule is CC(C)COC(=O)CC(CC(C)C)C(=O)OCc1ccccc1. The van der Waals surface area contributed by atoms with E-state index in [1.165, 1.54) is 0 Å². The van der Waals surface area contributed by atoms with Crippen molar-refractivity contribution < 1.29 is 19.1 Å². The minimum Gasteiger partial charge on any atom is -0.465 e. The van der Waals surface area contributed by atoms with Crippen molar-refractivity contribution in [3.63, 3.8) is 0 Å².